The Balaban J connectivity index is 1.67. The number of fused-ring (bicyclic) bond motifs is 2. The molecule has 2 aliphatic rings. The van der Waals surface area contributed by atoms with Crippen LogP contribution in [0, 0.1) is 0 Å². The third-order valence-electron chi connectivity index (χ3n) is 5.72. The fourth-order valence-electron chi connectivity index (χ4n) is 4.12. The molecule has 0 spiro atoms. The lowest BCUT2D eigenvalue weighted by molar-refractivity contribution is 0.0548. The number of anilines is 1. The van der Waals surface area contributed by atoms with Crippen molar-refractivity contribution < 1.29 is 27.4 Å². The molecule has 2 heterocycles. The normalized spacial score (nSPS) is 18.7. The summed E-state index contributed by atoms with van der Waals surface area (Å²) in [6, 6.07) is 9.47. The van der Waals surface area contributed by atoms with Crippen LogP contribution in [0.3, 0.4) is 0 Å². The third kappa shape index (κ3) is 4.27. The molecule has 0 radical (unpaired) electrons. The Morgan fingerprint density at radius 2 is 1.90 bits per heavy atom. The Hall–Kier alpha value is -2.94. The average Bonchev–Trinajstić information content (AvgIpc) is 2.78. The molecule has 1 amide bonds. The molecule has 0 saturated carbocycles. The maximum atomic E-state index is 13.2. The van der Waals surface area contributed by atoms with Crippen LogP contribution in [-0.2, 0) is 10.0 Å². The van der Waals surface area contributed by atoms with Crippen LogP contribution in [0.2, 0.25) is 0 Å². The van der Waals surface area contributed by atoms with Gasteiger partial charge in [0.25, 0.3) is 15.9 Å². The van der Waals surface area contributed by atoms with E-state index in [4.69, 9.17) is 14.2 Å². The van der Waals surface area contributed by atoms with Crippen molar-refractivity contribution in [3.8, 4) is 17.2 Å². The van der Waals surface area contributed by atoms with Crippen molar-refractivity contribution in [2.75, 3.05) is 32.1 Å². The predicted molar refractivity (Wildman–Crippen MR) is 116 cm³/mol. The van der Waals surface area contributed by atoms with Crippen molar-refractivity contribution in [2.24, 2.45) is 0 Å². The fraction of sp³-hybridized carbons (Fsp3) is 0.409. The van der Waals surface area contributed by atoms with Crippen molar-refractivity contribution in [3.05, 3.63) is 42.0 Å². The van der Waals surface area contributed by atoms with Gasteiger partial charge in [-0.2, -0.15) is 0 Å². The van der Waals surface area contributed by atoms with Crippen LogP contribution >= 0.6 is 0 Å². The third-order valence-corrected chi connectivity index (χ3v) is 7.12. The zero-order valence-corrected chi connectivity index (χ0v) is 18.4. The van der Waals surface area contributed by atoms with Gasteiger partial charge in [-0.05, 0) is 49.6 Å². The van der Waals surface area contributed by atoms with Crippen molar-refractivity contribution in [3.63, 3.8) is 0 Å². The first-order valence-corrected chi connectivity index (χ1v) is 11.7. The molecule has 1 N–H and O–H groups in total. The van der Waals surface area contributed by atoms with E-state index in [-0.39, 0.29) is 28.3 Å². The van der Waals surface area contributed by atoms with Crippen LogP contribution in [0.4, 0.5) is 5.69 Å². The molecule has 9 heteroatoms. The van der Waals surface area contributed by atoms with Gasteiger partial charge in [0.1, 0.15) is 22.1 Å². The number of piperidine rings is 1. The Kier molecular flexibility index (Phi) is 5.95. The quantitative estimate of drug-likeness (QED) is 0.758. The minimum Gasteiger partial charge on any atom is -0.497 e. The standard InChI is InChI=1S/C22H26N2O6S/c1-28-17-7-9-20(29-2)21(14-17)31(26,27)23-15-6-8-19-18(13-15)22(25)24-11-4-3-5-16(24)10-12-30-19/h6-9,13-14,16,23H,3-5,10-12H2,1-2H3. The van der Waals surface area contributed by atoms with Crippen LogP contribution in [0.1, 0.15) is 36.0 Å². The first kappa shape index (κ1) is 21.3. The molecule has 0 aromatic heterocycles. The first-order valence-electron chi connectivity index (χ1n) is 10.3. The van der Waals surface area contributed by atoms with Gasteiger partial charge in [0.15, 0.2) is 0 Å². The summed E-state index contributed by atoms with van der Waals surface area (Å²) >= 11 is 0. The first-order chi connectivity index (χ1) is 14.9. The maximum Gasteiger partial charge on any atom is 0.265 e. The van der Waals surface area contributed by atoms with E-state index in [9.17, 15) is 13.2 Å². The van der Waals surface area contributed by atoms with E-state index >= 15 is 0 Å². The number of benzene rings is 2. The monoisotopic (exact) mass is 446 g/mol. The molecule has 1 saturated heterocycles. The molecule has 31 heavy (non-hydrogen) atoms. The topological polar surface area (TPSA) is 94.2 Å². The van der Waals surface area contributed by atoms with Crippen LogP contribution in [0.15, 0.2) is 41.3 Å². The molecule has 4 rings (SSSR count). The largest absolute Gasteiger partial charge is 0.497 e. The minimum absolute atomic E-state index is 0.0558. The summed E-state index contributed by atoms with van der Waals surface area (Å²) in [7, 11) is -1.13. The van der Waals surface area contributed by atoms with Gasteiger partial charge in [-0.15, -0.1) is 0 Å². The van der Waals surface area contributed by atoms with Crippen molar-refractivity contribution in [2.45, 2.75) is 36.6 Å². The number of carbonyl (C=O) groups is 1. The van der Waals surface area contributed by atoms with E-state index < -0.39 is 10.0 Å². The highest BCUT2D eigenvalue weighted by Gasteiger charge is 2.31. The number of ether oxygens (including phenoxy) is 3. The molecule has 8 nitrogen and oxygen atoms in total. The highest BCUT2D eigenvalue weighted by molar-refractivity contribution is 7.92. The molecule has 166 valence electrons. The summed E-state index contributed by atoms with van der Waals surface area (Å²) in [5.74, 6) is 0.921. The molecule has 2 aliphatic heterocycles. The van der Waals surface area contributed by atoms with Crippen molar-refractivity contribution in [1.82, 2.24) is 4.90 Å². The SMILES string of the molecule is COc1ccc(OC)c(S(=O)(=O)Nc2ccc3c(c2)C(=O)N2CCCCC2CCO3)c1. The maximum absolute atomic E-state index is 13.2. The number of sulfonamides is 1. The van der Waals surface area contributed by atoms with E-state index in [0.717, 1.165) is 25.7 Å². The molecule has 2 aromatic rings. The van der Waals surface area contributed by atoms with Gasteiger partial charge in [0.2, 0.25) is 0 Å². The highest BCUT2D eigenvalue weighted by atomic mass is 32.2. The van der Waals surface area contributed by atoms with Gasteiger partial charge in [-0.3, -0.25) is 9.52 Å². The second-order valence-electron chi connectivity index (χ2n) is 7.62. The zero-order valence-electron chi connectivity index (χ0n) is 17.6. The summed E-state index contributed by atoms with van der Waals surface area (Å²) in [5.41, 5.74) is 0.638. The summed E-state index contributed by atoms with van der Waals surface area (Å²) in [6.45, 7) is 1.23. The summed E-state index contributed by atoms with van der Waals surface area (Å²) in [5, 5.41) is 0. The Morgan fingerprint density at radius 3 is 2.68 bits per heavy atom. The Labute approximate surface area is 182 Å². The van der Waals surface area contributed by atoms with E-state index in [2.05, 4.69) is 4.72 Å². The lowest BCUT2D eigenvalue weighted by Crippen LogP contribution is -2.45. The van der Waals surface area contributed by atoms with E-state index in [1.807, 2.05) is 4.90 Å². The Bertz CT molecular complexity index is 1090. The molecule has 0 aliphatic carbocycles. The smallest absolute Gasteiger partial charge is 0.265 e. The zero-order chi connectivity index (χ0) is 22.0. The van der Waals surface area contributed by atoms with Crippen LogP contribution in [0.25, 0.3) is 0 Å². The van der Waals surface area contributed by atoms with E-state index in [0.29, 0.717) is 30.2 Å². The molecule has 2 aromatic carbocycles. The van der Waals surface area contributed by atoms with E-state index in [1.54, 1.807) is 24.3 Å². The molecule has 0 bridgehead atoms. The van der Waals surface area contributed by atoms with Gasteiger partial charge in [0, 0.05) is 30.8 Å². The fourth-order valence-corrected chi connectivity index (χ4v) is 5.35. The number of methoxy groups -OCH3 is 2. The molecule has 1 unspecified atom stereocenters. The average molecular weight is 447 g/mol. The second-order valence-corrected chi connectivity index (χ2v) is 9.27. The minimum atomic E-state index is -3.99. The van der Waals surface area contributed by atoms with Crippen molar-refractivity contribution in [1.29, 1.82) is 0 Å². The summed E-state index contributed by atoms with van der Waals surface area (Å²) in [4.78, 5) is 15.1. The number of hydrogen-bond donors (Lipinski definition) is 1. The highest BCUT2D eigenvalue weighted by Crippen LogP contribution is 2.33. The summed E-state index contributed by atoms with van der Waals surface area (Å²) < 4.78 is 44.9. The van der Waals surface area contributed by atoms with Gasteiger partial charge < -0.3 is 19.1 Å². The van der Waals surface area contributed by atoms with Crippen LogP contribution < -0.4 is 18.9 Å². The molecule has 1 atom stereocenters. The number of nitrogens with zero attached hydrogens (tertiary/aromatic N) is 1. The number of nitrogens with one attached hydrogen (secondary N) is 1. The van der Waals surface area contributed by atoms with Gasteiger partial charge in [-0.25, -0.2) is 8.42 Å². The van der Waals surface area contributed by atoms with Gasteiger partial charge in [-0.1, -0.05) is 0 Å². The second kappa shape index (κ2) is 8.66. The number of hydrogen-bond acceptors (Lipinski definition) is 6. The lowest BCUT2D eigenvalue weighted by Gasteiger charge is -2.37. The lowest BCUT2D eigenvalue weighted by atomic mass is 9.97. The number of carbonyl (C=O) groups excluding carboxylic acids is 1. The summed E-state index contributed by atoms with van der Waals surface area (Å²) in [6.07, 6.45) is 3.84. The number of rotatable bonds is 5. The Morgan fingerprint density at radius 1 is 1.06 bits per heavy atom. The predicted octanol–water partition coefficient (Wildman–Crippen LogP) is 3.28. The molecular formula is C22H26N2O6S. The van der Waals surface area contributed by atoms with Gasteiger partial charge >= 0.3 is 0 Å². The van der Waals surface area contributed by atoms with Gasteiger partial charge in [0.05, 0.1) is 26.4 Å². The molecule has 1 fully saturated rings. The van der Waals surface area contributed by atoms with Crippen molar-refractivity contribution >= 4 is 21.6 Å². The van der Waals surface area contributed by atoms with Crippen LogP contribution in [0.5, 0.6) is 17.2 Å². The van der Waals surface area contributed by atoms with E-state index in [1.165, 1.54) is 26.4 Å². The molecular weight excluding hydrogens is 420 g/mol. The van der Waals surface area contributed by atoms with Crippen LogP contribution in [-0.4, -0.2) is 52.6 Å². The number of amides is 1.